The molecule has 3 aromatic rings. The van der Waals surface area contributed by atoms with Gasteiger partial charge in [-0.15, -0.1) is 11.3 Å². The maximum absolute atomic E-state index is 14.0. The summed E-state index contributed by atoms with van der Waals surface area (Å²) in [6.45, 7) is 5.03. The average Bonchev–Trinajstić information content (AvgIpc) is 3.47. The van der Waals surface area contributed by atoms with E-state index in [0.29, 0.717) is 21.7 Å². The molecule has 35 heavy (non-hydrogen) atoms. The Balaban J connectivity index is 1.92. The molecule has 14 heteroatoms. The number of amides is 3. The second kappa shape index (κ2) is 8.75. The quantitative estimate of drug-likeness (QED) is 0.511. The number of carbonyl (C=O) groups is 3. The Morgan fingerprint density at radius 2 is 1.97 bits per heavy atom. The third-order valence-electron chi connectivity index (χ3n) is 5.48. The zero-order chi connectivity index (χ0) is 25.8. The number of anilines is 2. The Morgan fingerprint density at radius 1 is 1.29 bits per heavy atom. The summed E-state index contributed by atoms with van der Waals surface area (Å²) in [6, 6.07) is 2.24. The van der Waals surface area contributed by atoms with Crippen molar-refractivity contribution in [2.75, 3.05) is 9.80 Å². The van der Waals surface area contributed by atoms with Gasteiger partial charge in [0, 0.05) is 6.42 Å². The minimum absolute atomic E-state index is 0.00551. The summed E-state index contributed by atoms with van der Waals surface area (Å²) in [5.74, 6) is -2.88. The summed E-state index contributed by atoms with van der Waals surface area (Å²) in [5, 5.41) is 20.0. The molecule has 1 atom stereocenters. The zero-order valence-corrected chi connectivity index (χ0v) is 21.0. The summed E-state index contributed by atoms with van der Waals surface area (Å²) < 4.78 is 29.2. The van der Waals surface area contributed by atoms with Gasteiger partial charge in [0.1, 0.15) is 26.5 Å². The highest BCUT2D eigenvalue weighted by Crippen LogP contribution is 2.40. The van der Waals surface area contributed by atoms with Gasteiger partial charge in [-0.05, 0) is 43.3 Å². The highest BCUT2D eigenvalue weighted by Gasteiger charge is 2.45. The molecule has 0 bridgehead atoms. The van der Waals surface area contributed by atoms with Crippen LogP contribution in [0.2, 0.25) is 5.02 Å². The van der Waals surface area contributed by atoms with Gasteiger partial charge in [0.25, 0.3) is 11.8 Å². The SMILES string of the molecule is Cc1cc(C)c2c(c1)CC(C(=O)O)N2C(=O)N(C(=O)c1sccc1S(N)(=O)=O)c1onc(C)c1Cl. The van der Waals surface area contributed by atoms with Gasteiger partial charge in [0.15, 0.2) is 0 Å². The number of carboxylic acid groups (broad SMARTS) is 1. The van der Waals surface area contributed by atoms with Crippen molar-refractivity contribution in [2.45, 2.75) is 38.1 Å². The molecule has 3 heterocycles. The van der Waals surface area contributed by atoms with Gasteiger partial charge in [-0.25, -0.2) is 23.1 Å². The number of aromatic nitrogens is 1. The number of fused-ring (bicyclic) bond motifs is 1. The maximum atomic E-state index is 14.0. The van der Waals surface area contributed by atoms with E-state index in [9.17, 15) is 27.9 Å². The molecule has 3 amide bonds. The van der Waals surface area contributed by atoms with Crippen LogP contribution in [0.1, 0.15) is 32.1 Å². The molecule has 1 aliphatic heterocycles. The number of hydrogen-bond donors (Lipinski definition) is 2. The number of nitrogens with two attached hydrogens (primary N) is 1. The summed E-state index contributed by atoms with van der Waals surface area (Å²) in [5.41, 5.74) is 2.59. The summed E-state index contributed by atoms with van der Waals surface area (Å²) in [7, 11) is -4.32. The van der Waals surface area contributed by atoms with Gasteiger partial charge in [0.05, 0.1) is 5.69 Å². The van der Waals surface area contributed by atoms with E-state index in [1.807, 2.05) is 6.92 Å². The molecule has 0 fully saturated rings. The second-order valence-corrected chi connectivity index (χ2v) is 10.8. The minimum Gasteiger partial charge on any atom is -0.480 e. The number of nitrogens with zero attached hydrogens (tertiary/aromatic N) is 3. The highest BCUT2D eigenvalue weighted by molar-refractivity contribution is 7.89. The number of aliphatic carboxylic acids is 1. The smallest absolute Gasteiger partial charge is 0.339 e. The van der Waals surface area contributed by atoms with Crippen LogP contribution in [0.4, 0.5) is 16.4 Å². The van der Waals surface area contributed by atoms with Crippen molar-refractivity contribution in [1.29, 1.82) is 0 Å². The van der Waals surface area contributed by atoms with Gasteiger partial charge >= 0.3 is 12.0 Å². The first-order valence-electron chi connectivity index (χ1n) is 10.1. The van der Waals surface area contributed by atoms with Gasteiger partial charge < -0.3 is 9.63 Å². The normalized spacial score (nSPS) is 15.2. The van der Waals surface area contributed by atoms with Crippen LogP contribution in [0.15, 0.2) is 33.0 Å². The molecule has 0 saturated carbocycles. The topological polar surface area (TPSA) is 164 Å². The molecule has 184 valence electrons. The Morgan fingerprint density at radius 3 is 2.54 bits per heavy atom. The van der Waals surface area contributed by atoms with Crippen LogP contribution in [0.3, 0.4) is 0 Å². The molecule has 4 rings (SSSR count). The van der Waals surface area contributed by atoms with Crippen LogP contribution in [-0.2, 0) is 21.2 Å². The van der Waals surface area contributed by atoms with E-state index in [-0.39, 0.29) is 22.0 Å². The molecular weight excluding hydrogens is 520 g/mol. The predicted molar refractivity (Wildman–Crippen MR) is 128 cm³/mol. The number of primary sulfonamides is 1. The Labute approximate surface area is 208 Å². The minimum atomic E-state index is -4.32. The van der Waals surface area contributed by atoms with Gasteiger partial charge in [-0.2, -0.15) is 4.90 Å². The first-order chi connectivity index (χ1) is 16.3. The van der Waals surface area contributed by atoms with E-state index in [0.717, 1.165) is 27.9 Å². The lowest BCUT2D eigenvalue weighted by molar-refractivity contribution is -0.138. The number of imide groups is 1. The van der Waals surface area contributed by atoms with E-state index < -0.39 is 44.8 Å². The molecule has 1 unspecified atom stereocenters. The Kier molecular flexibility index (Phi) is 6.21. The molecule has 0 radical (unpaired) electrons. The fourth-order valence-corrected chi connectivity index (χ4v) is 6.12. The lowest BCUT2D eigenvalue weighted by Crippen LogP contribution is -2.52. The fourth-order valence-electron chi connectivity index (χ4n) is 4.07. The summed E-state index contributed by atoms with van der Waals surface area (Å²) in [4.78, 5) is 40.3. The lowest BCUT2D eigenvalue weighted by atomic mass is 10.0. The fraction of sp³-hybridized carbons (Fsp3) is 0.238. The molecule has 0 spiro atoms. The number of rotatable bonds is 4. The molecule has 1 aliphatic rings. The first-order valence-corrected chi connectivity index (χ1v) is 12.9. The van der Waals surface area contributed by atoms with Crippen LogP contribution >= 0.6 is 22.9 Å². The number of halogens is 1. The van der Waals surface area contributed by atoms with Crippen molar-refractivity contribution in [3.05, 3.63) is 55.9 Å². The van der Waals surface area contributed by atoms with Crippen molar-refractivity contribution in [3.8, 4) is 0 Å². The molecule has 11 nitrogen and oxygen atoms in total. The molecule has 3 N–H and O–H groups in total. The number of urea groups is 1. The summed E-state index contributed by atoms with van der Waals surface area (Å²) >= 11 is 7.00. The van der Waals surface area contributed by atoms with E-state index in [2.05, 4.69) is 5.16 Å². The number of benzene rings is 1. The molecule has 2 aromatic heterocycles. The molecule has 0 aliphatic carbocycles. The number of sulfonamides is 1. The molecule has 0 saturated heterocycles. The highest BCUT2D eigenvalue weighted by atomic mass is 35.5. The predicted octanol–water partition coefficient (Wildman–Crippen LogP) is 3.24. The number of hydrogen-bond acceptors (Lipinski definition) is 8. The van der Waals surface area contributed by atoms with E-state index >= 15 is 0 Å². The van der Waals surface area contributed by atoms with Crippen LogP contribution in [0, 0.1) is 20.8 Å². The zero-order valence-electron chi connectivity index (χ0n) is 18.6. The molecule has 1 aromatic carbocycles. The van der Waals surface area contributed by atoms with E-state index in [1.54, 1.807) is 19.1 Å². The van der Waals surface area contributed by atoms with Gasteiger partial charge in [0.2, 0.25) is 10.0 Å². The third-order valence-corrected chi connectivity index (χ3v) is 7.90. The number of carboxylic acids is 1. The second-order valence-electron chi connectivity index (χ2n) is 7.99. The monoisotopic (exact) mass is 538 g/mol. The van der Waals surface area contributed by atoms with Crippen LogP contribution in [0.25, 0.3) is 0 Å². The Bertz CT molecular complexity index is 1500. The first kappa shape index (κ1) is 24.9. The lowest BCUT2D eigenvalue weighted by Gasteiger charge is -2.29. The maximum Gasteiger partial charge on any atom is 0.339 e. The summed E-state index contributed by atoms with van der Waals surface area (Å²) in [6.07, 6.45) is 0.00551. The molecular formula is C21H19ClN4O7S2. The number of carbonyl (C=O) groups excluding carboxylic acids is 2. The Hall–Kier alpha value is -3.26. The van der Waals surface area contributed by atoms with Crippen molar-refractivity contribution in [3.63, 3.8) is 0 Å². The third kappa shape index (κ3) is 4.20. The van der Waals surface area contributed by atoms with Crippen LogP contribution < -0.4 is 14.9 Å². The van der Waals surface area contributed by atoms with Crippen LogP contribution in [-0.4, -0.2) is 42.6 Å². The van der Waals surface area contributed by atoms with Crippen LogP contribution in [0.5, 0.6) is 0 Å². The standard InChI is InChI=1S/C21H19ClN4O7S2/c1-9-6-10(2)16-12(7-9)8-13(20(28)29)25(16)21(30)26(19-15(22)11(3)24-33-19)18(27)17-14(4-5-34-17)35(23,31)32/h4-7,13H,8H2,1-3H3,(H,28,29)(H2,23,31,32). The van der Waals surface area contributed by atoms with Crippen molar-refractivity contribution < 1.29 is 32.4 Å². The van der Waals surface area contributed by atoms with Crippen molar-refractivity contribution >= 4 is 62.4 Å². The number of aryl methyl sites for hydroxylation is 3. The van der Waals surface area contributed by atoms with E-state index in [4.69, 9.17) is 21.3 Å². The number of thiophene rings is 1. The van der Waals surface area contributed by atoms with Crippen molar-refractivity contribution in [2.24, 2.45) is 5.14 Å². The van der Waals surface area contributed by atoms with Gasteiger partial charge in [-0.1, -0.05) is 34.5 Å². The van der Waals surface area contributed by atoms with E-state index in [1.165, 1.54) is 12.3 Å². The average molecular weight is 539 g/mol. The van der Waals surface area contributed by atoms with Gasteiger partial charge in [-0.3, -0.25) is 9.69 Å². The largest absolute Gasteiger partial charge is 0.480 e. The van der Waals surface area contributed by atoms with Crippen molar-refractivity contribution in [1.82, 2.24) is 5.16 Å².